The lowest BCUT2D eigenvalue weighted by Gasteiger charge is -2.35. The van der Waals surface area contributed by atoms with E-state index in [4.69, 9.17) is 4.74 Å². The van der Waals surface area contributed by atoms with Crippen LogP contribution in [0.5, 0.6) is 0 Å². The summed E-state index contributed by atoms with van der Waals surface area (Å²) in [5.74, 6) is 0. The molecular formula is C8H15IO2. The molecule has 1 heterocycles. The molecule has 1 rings (SSSR count). The van der Waals surface area contributed by atoms with Gasteiger partial charge in [-0.15, -0.1) is 0 Å². The summed E-state index contributed by atoms with van der Waals surface area (Å²) in [7, 11) is 0. The first-order valence-electron chi connectivity index (χ1n) is 4.20. The molecule has 0 aromatic heterocycles. The maximum absolute atomic E-state index is 9.61. The van der Waals surface area contributed by atoms with Crippen LogP contribution in [0.1, 0.15) is 32.6 Å². The molecule has 1 fully saturated rings. The van der Waals surface area contributed by atoms with Gasteiger partial charge >= 0.3 is 0 Å². The topological polar surface area (TPSA) is 29.5 Å². The number of aliphatic hydroxyl groups excluding tert-OH is 1. The molecule has 1 aliphatic heterocycles. The van der Waals surface area contributed by atoms with Crippen molar-refractivity contribution in [3.05, 3.63) is 0 Å². The summed E-state index contributed by atoms with van der Waals surface area (Å²) >= 11 is 2.24. The third-order valence-corrected chi connectivity index (χ3v) is 3.71. The fraction of sp³-hybridized carbons (Fsp3) is 1.00. The minimum absolute atomic E-state index is 0.287. The van der Waals surface area contributed by atoms with E-state index >= 15 is 0 Å². The molecular weight excluding hydrogens is 255 g/mol. The van der Waals surface area contributed by atoms with Crippen molar-refractivity contribution in [3.63, 3.8) is 0 Å². The molecule has 11 heavy (non-hydrogen) atoms. The highest BCUT2D eigenvalue weighted by Gasteiger charge is 2.36. The number of aliphatic hydroxyl groups is 1. The van der Waals surface area contributed by atoms with Crippen LogP contribution in [0.15, 0.2) is 0 Å². The minimum Gasteiger partial charge on any atom is -0.389 e. The highest BCUT2D eigenvalue weighted by Crippen LogP contribution is 2.35. The van der Waals surface area contributed by atoms with Crippen LogP contribution in [-0.2, 0) is 4.74 Å². The standard InChI is InChI=1S/C8H15IO2/c1-2-7(10)8(9)5-3-4-6-11-8/h7,10H,2-6H2,1H3. The van der Waals surface area contributed by atoms with Crippen molar-refractivity contribution in [3.8, 4) is 0 Å². The van der Waals surface area contributed by atoms with Crippen LogP contribution < -0.4 is 0 Å². The fourth-order valence-electron chi connectivity index (χ4n) is 1.35. The largest absolute Gasteiger partial charge is 0.389 e. The Morgan fingerprint density at radius 1 is 1.64 bits per heavy atom. The van der Waals surface area contributed by atoms with E-state index in [1.807, 2.05) is 6.92 Å². The maximum Gasteiger partial charge on any atom is 0.144 e. The second-order valence-corrected chi connectivity index (χ2v) is 4.84. The molecule has 2 unspecified atom stereocenters. The van der Waals surface area contributed by atoms with Crippen LogP contribution in [0.2, 0.25) is 0 Å². The van der Waals surface area contributed by atoms with Gasteiger partial charge in [0.05, 0.1) is 6.10 Å². The first kappa shape index (κ1) is 9.74. The molecule has 0 radical (unpaired) electrons. The third kappa shape index (κ3) is 2.29. The average Bonchev–Trinajstić information content (AvgIpc) is 2.04. The average molecular weight is 270 g/mol. The molecule has 0 aromatic carbocycles. The maximum atomic E-state index is 9.61. The molecule has 1 saturated heterocycles. The van der Waals surface area contributed by atoms with E-state index in [0.29, 0.717) is 0 Å². The van der Waals surface area contributed by atoms with Crippen molar-refractivity contribution < 1.29 is 9.84 Å². The van der Waals surface area contributed by atoms with Gasteiger partial charge in [-0.3, -0.25) is 0 Å². The molecule has 0 aromatic rings. The summed E-state index contributed by atoms with van der Waals surface area (Å²) in [4.78, 5) is 0. The van der Waals surface area contributed by atoms with Gasteiger partial charge in [-0.1, -0.05) is 6.92 Å². The zero-order valence-corrected chi connectivity index (χ0v) is 9.00. The zero-order chi connectivity index (χ0) is 8.32. The molecule has 66 valence electrons. The van der Waals surface area contributed by atoms with Gasteiger partial charge in [-0.2, -0.15) is 0 Å². The van der Waals surface area contributed by atoms with E-state index in [1.165, 1.54) is 6.42 Å². The molecule has 0 bridgehead atoms. The minimum atomic E-state index is -0.302. The predicted octanol–water partition coefficient (Wildman–Crippen LogP) is 2.09. The number of alkyl halides is 1. The van der Waals surface area contributed by atoms with Crippen molar-refractivity contribution in [2.75, 3.05) is 6.61 Å². The Balaban J connectivity index is 2.49. The summed E-state index contributed by atoms with van der Waals surface area (Å²) in [6.45, 7) is 2.79. The summed E-state index contributed by atoms with van der Waals surface area (Å²) < 4.78 is 5.27. The Morgan fingerprint density at radius 3 is 2.82 bits per heavy atom. The molecule has 0 aliphatic carbocycles. The smallest absolute Gasteiger partial charge is 0.144 e. The van der Waals surface area contributed by atoms with Crippen molar-refractivity contribution in [2.45, 2.75) is 42.3 Å². The van der Waals surface area contributed by atoms with Crippen molar-refractivity contribution >= 4 is 22.6 Å². The van der Waals surface area contributed by atoms with Crippen molar-refractivity contribution in [1.82, 2.24) is 0 Å². The SMILES string of the molecule is CCC(O)C1(I)CCCCO1. The van der Waals surface area contributed by atoms with Gasteiger partial charge in [0.1, 0.15) is 3.61 Å². The second-order valence-electron chi connectivity index (χ2n) is 3.02. The molecule has 2 atom stereocenters. The van der Waals surface area contributed by atoms with Gasteiger partial charge in [0.25, 0.3) is 0 Å². The summed E-state index contributed by atoms with van der Waals surface area (Å²) in [6.07, 6.45) is 3.79. The van der Waals surface area contributed by atoms with Crippen LogP contribution in [0.4, 0.5) is 0 Å². The Kier molecular flexibility index (Phi) is 3.58. The van der Waals surface area contributed by atoms with Gasteiger partial charge in [0.15, 0.2) is 0 Å². The number of halogens is 1. The van der Waals surface area contributed by atoms with Gasteiger partial charge in [-0.05, 0) is 48.3 Å². The van der Waals surface area contributed by atoms with E-state index < -0.39 is 0 Å². The lowest BCUT2D eigenvalue weighted by Crippen LogP contribution is -2.41. The van der Waals surface area contributed by atoms with Crippen molar-refractivity contribution in [1.29, 1.82) is 0 Å². The van der Waals surface area contributed by atoms with Gasteiger partial charge in [-0.25, -0.2) is 0 Å². The number of rotatable bonds is 2. The Bertz CT molecular complexity index is 121. The number of hydrogen-bond donors (Lipinski definition) is 1. The van der Waals surface area contributed by atoms with E-state index in [1.54, 1.807) is 0 Å². The van der Waals surface area contributed by atoms with E-state index in [9.17, 15) is 5.11 Å². The number of hydrogen-bond acceptors (Lipinski definition) is 2. The molecule has 0 amide bonds. The van der Waals surface area contributed by atoms with Crippen LogP contribution in [0.3, 0.4) is 0 Å². The normalized spacial score (nSPS) is 35.2. The van der Waals surface area contributed by atoms with Gasteiger partial charge in [0, 0.05) is 6.61 Å². The van der Waals surface area contributed by atoms with Crippen LogP contribution in [0.25, 0.3) is 0 Å². The molecule has 1 N–H and O–H groups in total. The van der Waals surface area contributed by atoms with E-state index in [2.05, 4.69) is 22.6 Å². The molecule has 3 heteroatoms. The summed E-state index contributed by atoms with van der Waals surface area (Å²) in [5, 5.41) is 9.61. The molecule has 1 aliphatic rings. The summed E-state index contributed by atoms with van der Waals surface area (Å²) in [6, 6.07) is 0. The van der Waals surface area contributed by atoms with Gasteiger partial charge in [0.2, 0.25) is 0 Å². The first-order chi connectivity index (χ1) is 5.19. The second kappa shape index (κ2) is 4.05. The highest BCUT2D eigenvalue weighted by atomic mass is 127. The zero-order valence-electron chi connectivity index (χ0n) is 6.85. The summed E-state index contributed by atoms with van der Waals surface area (Å²) in [5.41, 5.74) is 0. The van der Waals surface area contributed by atoms with Crippen LogP contribution >= 0.6 is 22.6 Å². The lowest BCUT2D eigenvalue weighted by molar-refractivity contribution is -0.0750. The first-order valence-corrected chi connectivity index (χ1v) is 5.28. The fourth-order valence-corrected chi connectivity index (χ4v) is 2.39. The van der Waals surface area contributed by atoms with Crippen molar-refractivity contribution in [2.24, 2.45) is 0 Å². The monoisotopic (exact) mass is 270 g/mol. The highest BCUT2D eigenvalue weighted by molar-refractivity contribution is 14.1. The predicted molar refractivity (Wildman–Crippen MR) is 52.9 cm³/mol. The Hall–Kier alpha value is 0.650. The number of ether oxygens (including phenoxy) is 1. The molecule has 2 nitrogen and oxygen atoms in total. The van der Waals surface area contributed by atoms with Crippen LogP contribution in [-0.4, -0.2) is 21.4 Å². The van der Waals surface area contributed by atoms with Gasteiger partial charge < -0.3 is 9.84 Å². The quantitative estimate of drug-likeness (QED) is 0.615. The van der Waals surface area contributed by atoms with Crippen LogP contribution in [0, 0.1) is 0 Å². The third-order valence-electron chi connectivity index (χ3n) is 2.14. The molecule has 0 saturated carbocycles. The Labute approximate surface area is 81.5 Å². The lowest BCUT2D eigenvalue weighted by atomic mass is 10.0. The van der Waals surface area contributed by atoms with E-state index in [-0.39, 0.29) is 9.71 Å². The Morgan fingerprint density at radius 2 is 2.36 bits per heavy atom. The van der Waals surface area contributed by atoms with E-state index in [0.717, 1.165) is 25.9 Å². The molecule has 0 spiro atoms.